The maximum Gasteiger partial charge on any atom is 0.407 e. The van der Waals surface area contributed by atoms with Crippen molar-refractivity contribution in [2.45, 2.75) is 92.3 Å². The van der Waals surface area contributed by atoms with Gasteiger partial charge in [0.25, 0.3) is 0 Å². The zero-order valence-electron chi connectivity index (χ0n) is 17.9. The predicted octanol–water partition coefficient (Wildman–Crippen LogP) is 4.03. The zero-order chi connectivity index (χ0) is 20.2. The largest absolute Gasteiger partial charge is 0.443 e. The fraction of sp³-hybridized carbons (Fsp3) is 0.900. The minimum Gasteiger partial charge on any atom is -0.443 e. The third kappa shape index (κ3) is 13.9. The van der Waals surface area contributed by atoms with Gasteiger partial charge in [-0.3, -0.25) is 4.79 Å². The number of rotatable bonds is 12. The molecule has 0 aromatic heterocycles. The molecule has 0 aromatic carbocycles. The highest BCUT2D eigenvalue weighted by Gasteiger charge is 2.22. The average Bonchev–Trinajstić information content (AvgIpc) is 2.47. The molecule has 0 unspecified atom stereocenters. The Balaban J connectivity index is 3.66. The van der Waals surface area contributed by atoms with Gasteiger partial charge in [0.2, 0.25) is 5.91 Å². The second-order valence-corrected chi connectivity index (χ2v) is 8.67. The molecule has 0 radical (unpaired) electrons. The van der Waals surface area contributed by atoms with Crippen LogP contribution in [0.3, 0.4) is 0 Å². The molecule has 6 nitrogen and oxygen atoms in total. The van der Waals surface area contributed by atoms with Crippen molar-refractivity contribution in [3.05, 3.63) is 0 Å². The van der Waals surface area contributed by atoms with Crippen molar-refractivity contribution in [2.75, 3.05) is 19.7 Å². The van der Waals surface area contributed by atoms with E-state index in [9.17, 15) is 9.59 Å². The van der Waals surface area contributed by atoms with Gasteiger partial charge in [0.1, 0.15) is 5.60 Å². The van der Waals surface area contributed by atoms with Crippen molar-refractivity contribution in [2.24, 2.45) is 5.41 Å². The van der Waals surface area contributed by atoms with Crippen molar-refractivity contribution in [1.29, 1.82) is 0 Å². The zero-order valence-corrected chi connectivity index (χ0v) is 17.9. The summed E-state index contributed by atoms with van der Waals surface area (Å²) >= 11 is 0. The van der Waals surface area contributed by atoms with Crippen molar-refractivity contribution in [3.8, 4) is 0 Å². The topological polar surface area (TPSA) is 76.7 Å². The summed E-state index contributed by atoms with van der Waals surface area (Å²) in [6, 6.07) is 0. The van der Waals surface area contributed by atoms with Gasteiger partial charge in [-0.05, 0) is 40.5 Å². The molecule has 154 valence electrons. The highest BCUT2D eigenvalue weighted by Crippen LogP contribution is 2.15. The highest BCUT2D eigenvalue weighted by molar-refractivity contribution is 5.81. The van der Waals surface area contributed by atoms with E-state index in [1.807, 2.05) is 48.5 Å². The van der Waals surface area contributed by atoms with Crippen molar-refractivity contribution in [1.82, 2.24) is 10.6 Å². The number of hydrogen-bond donors (Lipinski definition) is 2. The van der Waals surface area contributed by atoms with Gasteiger partial charge in [0.15, 0.2) is 0 Å². The average molecular weight is 373 g/mol. The van der Waals surface area contributed by atoms with E-state index in [1.54, 1.807) is 0 Å². The van der Waals surface area contributed by atoms with Crippen LogP contribution >= 0.6 is 0 Å². The van der Waals surface area contributed by atoms with Crippen LogP contribution < -0.4 is 10.6 Å². The van der Waals surface area contributed by atoms with E-state index in [2.05, 4.69) is 10.6 Å². The summed E-state index contributed by atoms with van der Waals surface area (Å²) in [5.41, 5.74) is -0.872. The molecule has 0 aliphatic heterocycles. The van der Waals surface area contributed by atoms with Gasteiger partial charge in [-0.1, -0.05) is 33.6 Å². The standard InChI is InChI=1S/C20H40N2O4/c1-16(2)25-15-12-20(6,7)26-18(24)22-14-11-9-8-10-13-21-17(23)19(3,4)5/h16H,8-15H2,1-7H3,(H,21,23)(H,22,24). The molecule has 0 fully saturated rings. The van der Waals surface area contributed by atoms with Crippen LogP contribution in [0, 0.1) is 5.41 Å². The SMILES string of the molecule is CC(C)OCCC(C)(C)OC(=O)NCCCCCCNC(=O)C(C)(C)C. The second kappa shape index (κ2) is 12.2. The second-order valence-electron chi connectivity index (χ2n) is 8.67. The summed E-state index contributed by atoms with van der Waals surface area (Å²) in [6.45, 7) is 15.4. The maximum absolute atomic E-state index is 11.8. The van der Waals surface area contributed by atoms with Gasteiger partial charge in [-0.2, -0.15) is 0 Å². The van der Waals surface area contributed by atoms with Gasteiger partial charge in [-0.15, -0.1) is 0 Å². The third-order valence-electron chi connectivity index (χ3n) is 3.86. The Labute approximate surface area is 159 Å². The Morgan fingerprint density at radius 3 is 1.92 bits per heavy atom. The van der Waals surface area contributed by atoms with E-state index in [1.165, 1.54) is 0 Å². The summed E-state index contributed by atoms with van der Waals surface area (Å²) in [4.78, 5) is 23.5. The van der Waals surface area contributed by atoms with Gasteiger partial charge in [0, 0.05) is 24.9 Å². The number of unbranched alkanes of at least 4 members (excludes halogenated alkanes) is 3. The van der Waals surface area contributed by atoms with Crippen LogP contribution in [-0.4, -0.2) is 43.4 Å². The van der Waals surface area contributed by atoms with E-state index >= 15 is 0 Å². The van der Waals surface area contributed by atoms with Crippen molar-refractivity contribution < 1.29 is 19.1 Å². The molecule has 0 atom stereocenters. The fourth-order valence-electron chi connectivity index (χ4n) is 2.14. The van der Waals surface area contributed by atoms with Gasteiger partial charge in [0.05, 0.1) is 12.7 Å². The first kappa shape index (κ1) is 24.7. The lowest BCUT2D eigenvalue weighted by Gasteiger charge is -2.25. The predicted molar refractivity (Wildman–Crippen MR) is 105 cm³/mol. The first-order chi connectivity index (χ1) is 11.9. The van der Waals surface area contributed by atoms with Crippen LogP contribution in [0.15, 0.2) is 0 Å². The molecule has 0 saturated carbocycles. The lowest BCUT2D eigenvalue weighted by atomic mass is 9.96. The van der Waals surface area contributed by atoms with Crippen LogP contribution in [0.4, 0.5) is 4.79 Å². The molecule has 0 rings (SSSR count). The molecule has 2 amide bonds. The van der Waals surface area contributed by atoms with Crippen molar-refractivity contribution >= 4 is 12.0 Å². The molecule has 0 spiro atoms. The first-order valence-electron chi connectivity index (χ1n) is 9.81. The van der Waals surface area contributed by atoms with Gasteiger partial charge in [-0.25, -0.2) is 4.79 Å². The van der Waals surface area contributed by atoms with Crippen LogP contribution in [0.5, 0.6) is 0 Å². The summed E-state index contributed by atoms with van der Waals surface area (Å²) in [5.74, 6) is 0.0864. The smallest absolute Gasteiger partial charge is 0.407 e. The number of amides is 2. The molecular formula is C20H40N2O4. The number of carbonyl (C=O) groups excluding carboxylic acids is 2. The Morgan fingerprint density at radius 2 is 1.42 bits per heavy atom. The number of alkyl carbamates (subject to hydrolysis) is 1. The van der Waals surface area contributed by atoms with E-state index in [4.69, 9.17) is 9.47 Å². The molecule has 6 heteroatoms. The Kier molecular flexibility index (Phi) is 11.5. The molecule has 0 bridgehead atoms. The molecular weight excluding hydrogens is 332 g/mol. The Morgan fingerprint density at radius 1 is 0.885 bits per heavy atom. The lowest BCUT2D eigenvalue weighted by molar-refractivity contribution is -0.128. The molecule has 0 saturated heterocycles. The minimum absolute atomic E-state index is 0.0864. The quantitative estimate of drug-likeness (QED) is 0.507. The third-order valence-corrected chi connectivity index (χ3v) is 3.86. The van der Waals surface area contributed by atoms with E-state index < -0.39 is 5.60 Å². The number of ether oxygens (including phenoxy) is 2. The van der Waals surface area contributed by atoms with Crippen LogP contribution in [0.1, 0.15) is 80.6 Å². The summed E-state index contributed by atoms with van der Waals surface area (Å²) in [5, 5.41) is 5.74. The maximum atomic E-state index is 11.8. The van der Waals surface area contributed by atoms with Crippen LogP contribution in [0.2, 0.25) is 0 Å². The van der Waals surface area contributed by atoms with E-state index in [0.29, 0.717) is 26.1 Å². The van der Waals surface area contributed by atoms with Gasteiger partial charge >= 0.3 is 6.09 Å². The summed E-state index contributed by atoms with van der Waals surface area (Å²) in [7, 11) is 0. The molecule has 0 heterocycles. The minimum atomic E-state index is -0.537. The summed E-state index contributed by atoms with van der Waals surface area (Å²) < 4.78 is 10.9. The molecule has 0 aliphatic carbocycles. The van der Waals surface area contributed by atoms with Crippen LogP contribution in [-0.2, 0) is 14.3 Å². The highest BCUT2D eigenvalue weighted by atomic mass is 16.6. The number of carbonyl (C=O) groups is 2. The first-order valence-corrected chi connectivity index (χ1v) is 9.81. The summed E-state index contributed by atoms with van der Waals surface area (Å²) in [6.07, 6.45) is 4.36. The van der Waals surface area contributed by atoms with Crippen molar-refractivity contribution in [3.63, 3.8) is 0 Å². The Hall–Kier alpha value is -1.30. The molecule has 0 aliphatic rings. The van der Waals surface area contributed by atoms with Gasteiger partial charge < -0.3 is 20.1 Å². The normalized spacial score (nSPS) is 12.2. The number of hydrogen-bond acceptors (Lipinski definition) is 4. The molecule has 26 heavy (non-hydrogen) atoms. The monoisotopic (exact) mass is 372 g/mol. The lowest BCUT2D eigenvalue weighted by Crippen LogP contribution is -2.36. The fourth-order valence-corrected chi connectivity index (χ4v) is 2.14. The molecule has 0 aromatic rings. The van der Waals surface area contributed by atoms with E-state index in [-0.39, 0.29) is 23.5 Å². The van der Waals surface area contributed by atoms with Crippen LogP contribution in [0.25, 0.3) is 0 Å². The molecule has 2 N–H and O–H groups in total. The van der Waals surface area contributed by atoms with E-state index in [0.717, 1.165) is 25.7 Å². The number of nitrogens with one attached hydrogen (secondary N) is 2. The Bertz CT molecular complexity index is 415.